The van der Waals surface area contributed by atoms with Crippen molar-refractivity contribution in [1.82, 2.24) is 0 Å². The Morgan fingerprint density at radius 2 is 0.825 bits per heavy atom. The van der Waals surface area contributed by atoms with Crippen LogP contribution in [-0.4, -0.2) is 0 Å². The third-order valence-electron chi connectivity index (χ3n) is 13.4. The molecule has 0 fully saturated rings. The highest BCUT2D eigenvalue weighted by atomic mass is 15.2. The minimum Gasteiger partial charge on any atom is -0.310 e. The number of fused-ring (bicyclic) bond motifs is 9. The zero-order valence-corrected chi connectivity index (χ0v) is 35.3. The SMILES string of the molecule is CC1(C)c2ccccc2N(c2c(-c3ccccc3)ccc3ccccc23)c2ccc(N(c3ccc(-c4ccccc4)cc3)c3ccc4c5ccccc5c5ccccc5c4c3)cc21. The van der Waals surface area contributed by atoms with Crippen molar-refractivity contribution in [3.8, 4) is 22.3 Å². The first-order chi connectivity index (χ1) is 31.0. The fourth-order valence-electron chi connectivity index (χ4n) is 10.3. The van der Waals surface area contributed by atoms with E-state index in [0.717, 1.165) is 17.1 Å². The highest BCUT2D eigenvalue weighted by Crippen LogP contribution is 2.56. The van der Waals surface area contributed by atoms with E-state index in [0.29, 0.717) is 0 Å². The predicted molar refractivity (Wildman–Crippen MR) is 269 cm³/mol. The summed E-state index contributed by atoms with van der Waals surface area (Å²) >= 11 is 0. The average Bonchev–Trinajstić information content (AvgIpc) is 3.35. The van der Waals surface area contributed by atoms with Crippen LogP contribution in [0.5, 0.6) is 0 Å². The van der Waals surface area contributed by atoms with Gasteiger partial charge in [0.2, 0.25) is 0 Å². The van der Waals surface area contributed by atoms with Gasteiger partial charge in [0.1, 0.15) is 0 Å². The van der Waals surface area contributed by atoms with Crippen LogP contribution in [0.3, 0.4) is 0 Å². The van der Waals surface area contributed by atoms with Crippen molar-refractivity contribution in [3.63, 3.8) is 0 Å². The number of rotatable bonds is 6. The molecular weight excluding hydrogens is 761 g/mol. The molecule has 11 aromatic rings. The second-order valence-electron chi connectivity index (χ2n) is 17.3. The Balaban J connectivity index is 1.10. The first kappa shape index (κ1) is 36.9. The minimum atomic E-state index is -0.308. The quantitative estimate of drug-likeness (QED) is 0.155. The summed E-state index contributed by atoms with van der Waals surface area (Å²) in [6, 6.07) is 84.8. The van der Waals surface area contributed by atoms with E-state index in [2.05, 4.69) is 254 Å². The van der Waals surface area contributed by atoms with E-state index in [9.17, 15) is 0 Å². The number of hydrogen-bond donors (Lipinski definition) is 0. The van der Waals surface area contributed by atoms with Crippen LogP contribution in [0.15, 0.2) is 231 Å². The van der Waals surface area contributed by atoms with Gasteiger partial charge < -0.3 is 9.80 Å². The van der Waals surface area contributed by atoms with E-state index in [1.165, 1.54) is 93.5 Å². The number of nitrogens with zero attached hydrogens (tertiary/aromatic N) is 2. The van der Waals surface area contributed by atoms with Gasteiger partial charge >= 0.3 is 0 Å². The fourth-order valence-corrected chi connectivity index (χ4v) is 10.3. The van der Waals surface area contributed by atoms with Crippen molar-refractivity contribution in [2.24, 2.45) is 0 Å². The molecule has 2 heteroatoms. The smallest absolute Gasteiger partial charge is 0.0618 e. The summed E-state index contributed by atoms with van der Waals surface area (Å²) in [5.74, 6) is 0. The molecular formula is C61H44N2. The molecule has 0 unspecified atom stereocenters. The van der Waals surface area contributed by atoms with Gasteiger partial charge in [-0.1, -0.05) is 196 Å². The molecule has 0 N–H and O–H groups in total. The van der Waals surface area contributed by atoms with E-state index in [1.807, 2.05) is 0 Å². The van der Waals surface area contributed by atoms with E-state index in [1.54, 1.807) is 0 Å². The van der Waals surface area contributed by atoms with Gasteiger partial charge in [-0.25, -0.2) is 0 Å². The van der Waals surface area contributed by atoms with Gasteiger partial charge in [0.05, 0.1) is 17.1 Å². The second-order valence-corrected chi connectivity index (χ2v) is 17.3. The Morgan fingerprint density at radius 3 is 1.52 bits per heavy atom. The molecule has 1 heterocycles. The largest absolute Gasteiger partial charge is 0.310 e. The van der Waals surface area contributed by atoms with Gasteiger partial charge in [0.15, 0.2) is 0 Å². The maximum absolute atomic E-state index is 2.54. The predicted octanol–water partition coefficient (Wildman–Crippen LogP) is 17.2. The van der Waals surface area contributed by atoms with Crippen LogP contribution in [0.1, 0.15) is 25.0 Å². The maximum atomic E-state index is 2.54. The minimum absolute atomic E-state index is 0.308. The lowest BCUT2D eigenvalue weighted by Crippen LogP contribution is -2.31. The number of anilines is 6. The highest BCUT2D eigenvalue weighted by Gasteiger charge is 2.38. The molecule has 298 valence electrons. The zero-order chi connectivity index (χ0) is 42.1. The van der Waals surface area contributed by atoms with Gasteiger partial charge in [0.25, 0.3) is 0 Å². The molecule has 0 bridgehead atoms. The molecule has 0 aromatic heterocycles. The summed E-state index contributed by atoms with van der Waals surface area (Å²) in [5, 5.41) is 10.0. The molecule has 0 radical (unpaired) electrons. The van der Waals surface area contributed by atoms with Crippen molar-refractivity contribution in [3.05, 3.63) is 242 Å². The number of benzene rings is 11. The van der Waals surface area contributed by atoms with E-state index in [4.69, 9.17) is 0 Å². The Hall–Kier alpha value is -7.94. The fraction of sp³-hybridized carbons (Fsp3) is 0.0492. The van der Waals surface area contributed by atoms with E-state index in [-0.39, 0.29) is 5.41 Å². The zero-order valence-electron chi connectivity index (χ0n) is 35.3. The summed E-state index contributed by atoms with van der Waals surface area (Å²) in [7, 11) is 0. The van der Waals surface area contributed by atoms with Crippen molar-refractivity contribution < 1.29 is 0 Å². The van der Waals surface area contributed by atoms with Crippen LogP contribution >= 0.6 is 0 Å². The molecule has 0 amide bonds. The van der Waals surface area contributed by atoms with Gasteiger partial charge in [-0.15, -0.1) is 0 Å². The summed E-state index contributed by atoms with van der Waals surface area (Å²) in [6.45, 7) is 4.78. The lowest BCUT2D eigenvalue weighted by atomic mass is 9.73. The molecule has 0 spiro atoms. The van der Waals surface area contributed by atoms with Gasteiger partial charge in [-0.3, -0.25) is 0 Å². The molecule has 11 aromatic carbocycles. The Bertz CT molecular complexity index is 3500. The molecule has 0 saturated carbocycles. The topological polar surface area (TPSA) is 6.48 Å². The molecule has 2 nitrogen and oxygen atoms in total. The second kappa shape index (κ2) is 14.6. The highest BCUT2D eigenvalue weighted by molar-refractivity contribution is 6.26. The number of hydrogen-bond acceptors (Lipinski definition) is 2. The van der Waals surface area contributed by atoms with Crippen LogP contribution in [-0.2, 0) is 5.41 Å². The Morgan fingerprint density at radius 1 is 0.333 bits per heavy atom. The Labute approximate surface area is 368 Å². The van der Waals surface area contributed by atoms with Crippen molar-refractivity contribution in [2.45, 2.75) is 19.3 Å². The van der Waals surface area contributed by atoms with Gasteiger partial charge in [-0.05, 0) is 114 Å². The van der Waals surface area contributed by atoms with Crippen LogP contribution in [0.4, 0.5) is 34.1 Å². The lowest BCUT2D eigenvalue weighted by Gasteiger charge is -2.43. The number of para-hydroxylation sites is 1. The third kappa shape index (κ3) is 5.94. The first-order valence-corrected chi connectivity index (χ1v) is 21.9. The average molecular weight is 805 g/mol. The van der Waals surface area contributed by atoms with Crippen LogP contribution in [0.25, 0.3) is 65.3 Å². The molecule has 0 atom stereocenters. The summed E-state index contributed by atoms with van der Waals surface area (Å²) in [4.78, 5) is 4.99. The van der Waals surface area contributed by atoms with Gasteiger partial charge in [0, 0.05) is 33.4 Å². The van der Waals surface area contributed by atoms with E-state index >= 15 is 0 Å². The van der Waals surface area contributed by atoms with Crippen molar-refractivity contribution in [2.75, 3.05) is 9.80 Å². The molecule has 1 aliphatic heterocycles. The third-order valence-corrected chi connectivity index (χ3v) is 13.4. The summed E-state index contributed by atoms with van der Waals surface area (Å²) in [6.07, 6.45) is 0. The molecule has 0 saturated heterocycles. The van der Waals surface area contributed by atoms with Crippen molar-refractivity contribution >= 4 is 77.2 Å². The summed E-state index contributed by atoms with van der Waals surface area (Å²) in [5.41, 5.74) is 14.0. The summed E-state index contributed by atoms with van der Waals surface area (Å²) < 4.78 is 0. The first-order valence-electron chi connectivity index (χ1n) is 21.9. The lowest BCUT2D eigenvalue weighted by molar-refractivity contribution is 0.632. The monoisotopic (exact) mass is 804 g/mol. The molecule has 12 rings (SSSR count). The normalized spacial score (nSPS) is 13.0. The van der Waals surface area contributed by atoms with Crippen LogP contribution < -0.4 is 9.80 Å². The molecule has 0 aliphatic carbocycles. The maximum Gasteiger partial charge on any atom is 0.0618 e. The Kier molecular flexibility index (Phi) is 8.55. The molecule has 63 heavy (non-hydrogen) atoms. The standard InChI is InChI=1S/C61H44N2/c1-61(2)56-27-15-16-28-58(56)63(60-48-22-10-9-21-44(48)31-36-49(60)43-19-7-4-8-20-43)59-38-35-47(40-57(59)61)62(45-32-29-42(30-33-45)41-17-5-3-6-18-41)46-34-37-54-52-25-12-11-23-50(52)51-24-13-14-26-53(51)55(54)39-46/h3-40H,1-2H3. The van der Waals surface area contributed by atoms with Crippen molar-refractivity contribution in [1.29, 1.82) is 0 Å². The van der Waals surface area contributed by atoms with E-state index < -0.39 is 0 Å². The molecule has 1 aliphatic rings. The van der Waals surface area contributed by atoms with Crippen LogP contribution in [0, 0.1) is 0 Å². The van der Waals surface area contributed by atoms with Gasteiger partial charge in [-0.2, -0.15) is 0 Å². The van der Waals surface area contributed by atoms with Crippen LogP contribution in [0.2, 0.25) is 0 Å².